The van der Waals surface area contributed by atoms with Gasteiger partial charge in [-0.05, 0) is 42.0 Å². The Labute approximate surface area is 157 Å². The highest BCUT2D eigenvalue weighted by Crippen LogP contribution is 2.37. The van der Waals surface area contributed by atoms with E-state index in [1.54, 1.807) is 48.3 Å². The Morgan fingerprint density at radius 2 is 1.89 bits per heavy atom. The first-order valence-electron chi connectivity index (χ1n) is 8.74. The van der Waals surface area contributed by atoms with E-state index >= 15 is 0 Å². The van der Waals surface area contributed by atoms with Crippen LogP contribution in [0.25, 0.3) is 0 Å². The van der Waals surface area contributed by atoms with Crippen LogP contribution in [0.1, 0.15) is 18.0 Å². The number of carbonyl (C=O) groups is 2. The van der Waals surface area contributed by atoms with Gasteiger partial charge in [-0.15, -0.1) is 0 Å². The van der Waals surface area contributed by atoms with Gasteiger partial charge in [-0.1, -0.05) is 12.1 Å². The number of ether oxygens (including phenoxy) is 1. The van der Waals surface area contributed by atoms with Crippen molar-refractivity contribution in [3.05, 3.63) is 59.9 Å². The van der Waals surface area contributed by atoms with E-state index in [0.29, 0.717) is 24.6 Å². The first kappa shape index (κ1) is 18.8. The van der Waals surface area contributed by atoms with E-state index in [2.05, 4.69) is 5.32 Å². The lowest BCUT2D eigenvalue weighted by Crippen LogP contribution is -2.30. The van der Waals surface area contributed by atoms with Crippen LogP contribution in [-0.4, -0.2) is 36.9 Å². The van der Waals surface area contributed by atoms with E-state index < -0.39 is 12.0 Å². The molecule has 0 aromatic heterocycles. The number of benzene rings is 2. The number of hydrogen-bond acceptors (Lipinski definition) is 4. The van der Waals surface area contributed by atoms with Crippen molar-refractivity contribution < 1.29 is 18.7 Å². The Hall–Kier alpha value is -2.93. The first-order chi connectivity index (χ1) is 13.0. The third kappa shape index (κ3) is 4.25. The Morgan fingerprint density at radius 3 is 2.52 bits per heavy atom. The lowest BCUT2D eigenvalue weighted by Gasteiger charge is -2.25. The van der Waals surface area contributed by atoms with Gasteiger partial charge in [0.1, 0.15) is 18.2 Å². The normalized spacial score (nSPS) is 19.2. The van der Waals surface area contributed by atoms with Crippen molar-refractivity contribution in [2.45, 2.75) is 12.5 Å². The highest BCUT2D eigenvalue weighted by atomic mass is 19.1. The number of nitrogens with one attached hydrogen (secondary N) is 1. The van der Waals surface area contributed by atoms with Crippen molar-refractivity contribution in [2.24, 2.45) is 11.7 Å². The van der Waals surface area contributed by atoms with Gasteiger partial charge in [0, 0.05) is 25.7 Å². The maximum atomic E-state index is 13.2. The summed E-state index contributed by atoms with van der Waals surface area (Å²) in [6.45, 7) is 0.841. The fraction of sp³-hybridized carbons (Fsp3) is 0.300. The molecule has 1 fully saturated rings. The molecule has 0 bridgehead atoms. The molecule has 2 amide bonds. The number of likely N-dealkylation sites (tertiary alicyclic amines) is 1. The molecule has 142 valence electrons. The van der Waals surface area contributed by atoms with Gasteiger partial charge < -0.3 is 20.7 Å². The van der Waals surface area contributed by atoms with Crippen LogP contribution < -0.4 is 15.8 Å². The van der Waals surface area contributed by atoms with Gasteiger partial charge in [0.15, 0.2) is 0 Å². The van der Waals surface area contributed by atoms with E-state index in [9.17, 15) is 14.0 Å². The van der Waals surface area contributed by atoms with Crippen LogP contribution in [0.2, 0.25) is 0 Å². The van der Waals surface area contributed by atoms with Crippen molar-refractivity contribution in [3.63, 3.8) is 0 Å². The topological polar surface area (TPSA) is 84.7 Å². The van der Waals surface area contributed by atoms with Gasteiger partial charge in [0.05, 0.1) is 12.0 Å². The van der Waals surface area contributed by atoms with Crippen LogP contribution in [0.3, 0.4) is 0 Å². The monoisotopic (exact) mass is 371 g/mol. The number of anilines is 1. The first-order valence-corrected chi connectivity index (χ1v) is 8.74. The zero-order valence-electron chi connectivity index (χ0n) is 15.0. The number of carbonyl (C=O) groups excluding carboxylic acids is 2. The minimum atomic E-state index is -0.555. The minimum Gasteiger partial charge on any atom is -0.492 e. The smallest absolute Gasteiger partial charge is 0.230 e. The number of nitrogens with zero attached hydrogens (tertiary/aromatic N) is 1. The molecule has 0 spiro atoms. The van der Waals surface area contributed by atoms with E-state index in [1.807, 2.05) is 0 Å². The van der Waals surface area contributed by atoms with Crippen molar-refractivity contribution in [1.82, 2.24) is 4.90 Å². The minimum absolute atomic E-state index is 0.113. The molecule has 1 aliphatic rings. The van der Waals surface area contributed by atoms with Gasteiger partial charge in [0.2, 0.25) is 11.8 Å². The second-order valence-electron chi connectivity index (χ2n) is 6.46. The fourth-order valence-electron chi connectivity index (χ4n) is 3.27. The Kier molecular flexibility index (Phi) is 5.71. The zero-order valence-corrected chi connectivity index (χ0v) is 15.0. The maximum Gasteiger partial charge on any atom is 0.230 e. The van der Waals surface area contributed by atoms with Gasteiger partial charge in [0.25, 0.3) is 0 Å². The Morgan fingerprint density at radius 1 is 1.22 bits per heavy atom. The van der Waals surface area contributed by atoms with Crippen LogP contribution in [0.15, 0.2) is 48.5 Å². The predicted molar refractivity (Wildman–Crippen MR) is 99.6 cm³/mol. The summed E-state index contributed by atoms with van der Waals surface area (Å²) in [4.78, 5) is 26.5. The van der Waals surface area contributed by atoms with Crippen molar-refractivity contribution in [3.8, 4) is 5.75 Å². The number of rotatable bonds is 6. The molecule has 2 aromatic rings. The summed E-state index contributed by atoms with van der Waals surface area (Å²) in [7, 11) is 1.66. The molecule has 0 aliphatic carbocycles. The van der Waals surface area contributed by atoms with E-state index in [0.717, 1.165) is 5.56 Å². The van der Waals surface area contributed by atoms with E-state index in [-0.39, 0.29) is 24.1 Å². The van der Waals surface area contributed by atoms with Gasteiger partial charge in [-0.3, -0.25) is 9.59 Å². The Bertz CT molecular complexity index is 808. The van der Waals surface area contributed by atoms with E-state index in [1.165, 1.54) is 12.1 Å². The quantitative estimate of drug-likeness (QED) is 0.816. The molecule has 2 atom stereocenters. The molecule has 0 saturated carbocycles. The summed E-state index contributed by atoms with van der Waals surface area (Å²) >= 11 is 0. The molecule has 0 radical (unpaired) electrons. The number of halogens is 1. The standard InChI is InChI=1S/C20H22FN3O3/c1-24-18(25)12-17(19(24)13-2-4-14(21)5-3-13)20(26)23-15-6-8-16(9-7-15)27-11-10-22/h2-9,17,19H,10-12,22H2,1H3,(H,23,26). The largest absolute Gasteiger partial charge is 0.492 e. The summed E-state index contributed by atoms with van der Waals surface area (Å²) in [5.74, 6) is -0.615. The summed E-state index contributed by atoms with van der Waals surface area (Å²) in [6.07, 6.45) is 0.113. The van der Waals surface area contributed by atoms with Gasteiger partial charge in [-0.25, -0.2) is 4.39 Å². The average molecular weight is 371 g/mol. The molecular formula is C20H22FN3O3. The number of hydrogen-bond donors (Lipinski definition) is 2. The zero-order chi connectivity index (χ0) is 19.4. The number of nitrogens with two attached hydrogens (primary N) is 1. The maximum absolute atomic E-state index is 13.2. The third-order valence-electron chi connectivity index (χ3n) is 4.64. The van der Waals surface area contributed by atoms with Crippen LogP contribution >= 0.6 is 0 Å². The summed E-state index contributed by atoms with van der Waals surface area (Å²) in [5.41, 5.74) is 6.74. The number of amides is 2. The van der Waals surface area contributed by atoms with Gasteiger partial charge >= 0.3 is 0 Å². The average Bonchev–Trinajstić information content (AvgIpc) is 2.97. The van der Waals surface area contributed by atoms with Gasteiger partial charge in [-0.2, -0.15) is 0 Å². The van der Waals surface area contributed by atoms with Crippen LogP contribution in [0.5, 0.6) is 5.75 Å². The molecule has 1 heterocycles. The summed E-state index contributed by atoms with van der Waals surface area (Å²) < 4.78 is 18.6. The van der Waals surface area contributed by atoms with Crippen molar-refractivity contribution in [2.75, 3.05) is 25.5 Å². The molecule has 27 heavy (non-hydrogen) atoms. The second-order valence-corrected chi connectivity index (χ2v) is 6.46. The molecule has 1 saturated heterocycles. The molecule has 2 aromatic carbocycles. The summed E-state index contributed by atoms with van der Waals surface area (Å²) in [6, 6.07) is 12.4. The Balaban J connectivity index is 1.74. The highest BCUT2D eigenvalue weighted by Gasteiger charge is 2.42. The van der Waals surface area contributed by atoms with Crippen LogP contribution in [0.4, 0.5) is 10.1 Å². The van der Waals surface area contributed by atoms with E-state index in [4.69, 9.17) is 10.5 Å². The van der Waals surface area contributed by atoms with Crippen LogP contribution in [0, 0.1) is 11.7 Å². The highest BCUT2D eigenvalue weighted by molar-refractivity contribution is 5.97. The SMILES string of the molecule is CN1C(=O)CC(C(=O)Nc2ccc(OCCN)cc2)C1c1ccc(F)cc1. The van der Waals surface area contributed by atoms with Crippen molar-refractivity contribution in [1.29, 1.82) is 0 Å². The second kappa shape index (κ2) is 8.18. The predicted octanol–water partition coefficient (Wildman–Crippen LogP) is 2.32. The lowest BCUT2D eigenvalue weighted by atomic mass is 9.93. The third-order valence-corrected chi connectivity index (χ3v) is 4.64. The van der Waals surface area contributed by atoms with Crippen molar-refractivity contribution >= 4 is 17.5 Å². The summed E-state index contributed by atoms with van der Waals surface area (Å²) in [5, 5.41) is 2.85. The lowest BCUT2D eigenvalue weighted by molar-refractivity contribution is -0.127. The van der Waals surface area contributed by atoms with Crippen LogP contribution in [-0.2, 0) is 9.59 Å². The molecule has 3 N–H and O–H groups in total. The molecule has 2 unspecified atom stereocenters. The molecule has 1 aliphatic heterocycles. The fourth-order valence-corrected chi connectivity index (χ4v) is 3.27. The molecule has 7 heteroatoms. The molecular weight excluding hydrogens is 349 g/mol. The molecule has 3 rings (SSSR count). The molecule has 6 nitrogen and oxygen atoms in total.